The molecule has 1 fully saturated rings. The van der Waals surface area contributed by atoms with Crippen LogP contribution in [0.4, 0.5) is 5.69 Å². The van der Waals surface area contributed by atoms with Crippen LogP contribution in [0, 0.1) is 0 Å². The van der Waals surface area contributed by atoms with E-state index in [1.807, 2.05) is 19.1 Å². The van der Waals surface area contributed by atoms with Crippen LogP contribution in [0.5, 0.6) is 0 Å². The Kier molecular flexibility index (Phi) is 4.48. The summed E-state index contributed by atoms with van der Waals surface area (Å²) in [5.41, 5.74) is 2.30. The fourth-order valence-electron chi connectivity index (χ4n) is 2.00. The molecule has 92 valence electrons. The number of halogens is 2. The van der Waals surface area contributed by atoms with E-state index in [2.05, 4.69) is 38.3 Å². The summed E-state index contributed by atoms with van der Waals surface area (Å²) in [4.78, 5) is 2.38. The molecule has 0 aromatic heterocycles. The van der Waals surface area contributed by atoms with E-state index in [0.717, 1.165) is 41.2 Å². The van der Waals surface area contributed by atoms with Crippen LogP contribution in [-0.4, -0.2) is 26.2 Å². The molecule has 1 N–H and O–H groups in total. The Morgan fingerprint density at radius 1 is 1.35 bits per heavy atom. The molecule has 2 nitrogen and oxygen atoms in total. The van der Waals surface area contributed by atoms with Gasteiger partial charge in [-0.2, -0.15) is 0 Å². The highest BCUT2D eigenvalue weighted by atomic mass is 79.9. The average molecular weight is 316 g/mol. The van der Waals surface area contributed by atoms with Gasteiger partial charge in [-0.15, -0.1) is 0 Å². The summed E-state index contributed by atoms with van der Waals surface area (Å²) in [6.07, 6.45) is 4.05. The molecule has 4 heteroatoms. The van der Waals surface area contributed by atoms with Crippen LogP contribution in [-0.2, 0) is 0 Å². The molecule has 1 aromatic carbocycles. The number of benzene rings is 1. The lowest BCUT2D eigenvalue weighted by Crippen LogP contribution is -2.43. The summed E-state index contributed by atoms with van der Waals surface area (Å²) in [7, 11) is 0. The number of anilines is 1. The van der Waals surface area contributed by atoms with E-state index in [9.17, 15) is 0 Å². The zero-order chi connectivity index (χ0) is 12.3. The summed E-state index contributed by atoms with van der Waals surface area (Å²) in [5, 5.41) is 4.14. The first kappa shape index (κ1) is 12.9. The molecule has 1 saturated heterocycles. The molecule has 0 saturated carbocycles. The lowest BCUT2D eigenvalue weighted by Gasteiger charge is -2.30. The first-order chi connectivity index (χ1) is 8.22. The molecule has 0 spiro atoms. The number of nitrogens with one attached hydrogen (secondary N) is 1. The Bertz CT molecular complexity index is 426. The van der Waals surface area contributed by atoms with E-state index in [1.165, 1.54) is 5.69 Å². The quantitative estimate of drug-likeness (QED) is 0.898. The van der Waals surface area contributed by atoms with E-state index >= 15 is 0 Å². The summed E-state index contributed by atoms with van der Waals surface area (Å²) in [5.74, 6) is 0. The predicted octanol–water partition coefficient (Wildman–Crippen LogP) is 3.55. The van der Waals surface area contributed by atoms with Crippen molar-refractivity contribution in [3.05, 3.63) is 33.3 Å². The van der Waals surface area contributed by atoms with Crippen LogP contribution < -0.4 is 10.2 Å². The SMILES string of the molecule is C/C=C/c1cc(N2CCNCC2)cc(Br)c1Cl. The van der Waals surface area contributed by atoms with Gasteiger partial charge < -0.3 is 10.2 Å². The van der Waals surface area contributed by atoms with Crippen LogP contribution in [0.1, 0.15) is 12.5 Å². The Labute approximate surface area is 116 Å². The second-order valence-electron chi connectivity index (χ2n) is 4.07. The molecule has 0 atom stereocenters. The first-order valence-electron chi connectivity index (χ1n) is 5.80. The topological polar surface area (TPSA) is 15.3 Å². The fraction of sp³-hybridized carbons (Fsp3) is 0.385. The highest BCUT2D eigenvalue weighted by Gasteiger charge is 2.13. The van der Waals surface area contributed by atoms with Crippen molar-refractivity contribution in [2.45, 2.75) is 6.92 Å². The van der Waals surface area contributed by atoms with Gasteiger partial charge in [0.1, 0.15) is 0 Å². The molecule has 1 heterocycles. The third-order valence-corrected chi connectivity index (χ3v) is 4.15. The number of hydrogen-bond acceptors (Lipinski definition) is 2. The third-order valence-electron chi connectivity index (χ3n) is 2.87. The van der Waals surface area contributed by atoms with Crippen molar-refractivity contribution in [2.24, 2.45) is 0 Å². The average Bonchev–Trinajstić information content (AvgIpc) is 2.36. The number of piperazine rings is 1. The van der Waals surface area contributed by atoms with Crippen LogP contribution >= 0.6 is 27.5 Å². The molecular weight excluding hydrogens is 300 g/mol. The van der Waals surface area contributed by atoms with E-state index in [0.29, 0.717) is 0 Å². The lowest BCUT2D eigenvalue weighted by atomic mass is 10.1. The normalized spacial score (nSPS) is 16.8. The molecule has 0 amide bonds. The molecule has 0 bridgehead atoms. The van der Waals surface area contributed by atoms with Gasteiger partial charge in [0.05, 0.1) is 5.02 Å². The zero-order valence-corrected chi connectivity index (χ0v) is 12.2. The second-order valence-corrected chi connectivity index (χ2v) is 5.30. The maximum atomic E-state index is 6.25. The van der Waals surface area contributed by atoms with Crippen LogP contribution in [0.2, 0.25) is 5.02 Å². The number of rotatable bonds is 2. The Morgan fingerprint density at radius 3 is 2.71 bits per heavy atom. The van der Waals surface area contributed by atoms with E-state index in [-0.39, 0.29) is 0 Å². The van der Waals surface area contributed by atoms with Gasteiger partial charge >= 0.3 is 0 Å². The first-order valence-corrected chi connectivity index (χ1v) is 6.97. The smallest absolute Gasteiger partial charge is 0.0621 e. The molecule has 0 radical (unpaired) electrons. The maximum absolute atomic E-state index is 6.25. The predicted molar refractivity (Wildman–Crippen MR) is 78.9 cm³/mol. The summed E-state index contributed by atoms with van der Waals surface area (Å²) >= 11 is 9.78. The number of nitrogens with zero attached hydrogens (tertiary/aromatic N) is 1. The molecule has 1 aromatic rings. The molecule has 0 aliphatic carbocycles. The Hall–Kier alpha value is -0.510. The van der Waals surface area contributed by atoms with Gasteiger partial charge in [0.25, 0.3) is 0 Å². The van der Waals surface area contributed by atoms with Gasteiger partial charge in [0.2, 0.25) is 0 Å². The summed E-state index contributed by atoms with van der Waals surface area (Å²) in [6.45, 7) is 6.17. The van der Waals surface area contributed by atoms with E-state index < -0.39 is 0 Å². The van der Waals surface area contributed by atoms with Crippen molar-refractivity contribution < 1.29 is 0 Å². The lowest BCUT2D eigenvalue weighted by molar-refractivity contribution is 0.589. The molecule has 2 rings (SSSR count). The Balaban J connectivity index is 2.34. The van der Waals surface area contributed by atoms with Crippen molar-refractivity contribution >= 4 is 39.3 Å². The monoisotopic (exact) mass is 314 g/mol. The second kappa shape index (κ2) is 5.89. The van der Waals surface area contributed by atoms with Gasteiger partial charge in [0.15, 0.2) is 0 Å². The highest BCUT2D eigenvalue weighted by Crippen LogP contribution is 2.32. The molecular formula is C13H16BrClN2. The van der Waals surface area contributed by atoms with Crippen molar-refractivity contribution in [1.29, 1.82) is 0 Å². The molecule has 1 aliphatic rings. The summed E-state index contributed by atoms with van der Waals surface area (Å²) < 4.78 is 0.961. The van der Waals surface area contributed by atoms with E-state index in [4.69, 9.17) is 11.6 Å². The molecule has 0 unspecified atom stereocenters. The van der Waals surface area contributed by atoms with Crippen molar-refractivity contribution in [2.75, 3.05) is 31.1 Å². The Morgan fingerprint density at radius 2 is 2.06 bits per heavy atom. The van der Waals surface area contributed by atoms with Gasteiger partial charge in [0, 0.05) is 36.3 Å². The number of allylic oxidation sites excluding steroid dienone is 1. The van der Waals surface area contributed by atoms with Crippen molar-refractivity contribution in [3.8, 4) is 0 Å². The van der Waals surface area contributed by atoms with Gasteiger partial charge in [-0.1, -0.05) is 23.8 Å². The standard InChI is InChI=1S/C13H16BrClN2/c1-2-3-10-8-11(9-12(14)13(10)15)17-6-4-16-5-7-17/h2-3,8-9,16H,4-7H2,1H3/b3-2+. The van der Waals surface area contributed by atoms with Crippen LogP contribution in [0.15, 0.2) is 22.7 Å². The van der Waals surface area contributed by atoms with Crippen molar-refractivity contribution in [3.63, 3.8) is 0 Å². The van der Waals surface area contributed by atoms with Crippen molar-refractivity contribution in [1.82, 2.24) is 5.32 Å². The van der Waals surface area contributed by atoms with Gasteiger partial charge in [-0.05, 0) is 40.5 Å². The van der Waals surface area contributed by atoms with Crippen LogP contribution in [0.25, 0.3) is 6.08 Å². The van der Waals surface area contributed by atoms with Gasteiger partial charge in [-0.25, -0.2) is 0 Å². The maximum Gasteiger partial charge on any atom is 0.0621 e. The van der Waals surface area contributed by atoms with Crippen LogP contribution in [0.3, 0.4) is 0 Å². The minimum absolute atomic E-state index is 0.780. The minimum Gasteiger partial charge on any atom is -0.369 e. The fourth-order valence-corrected chi connectivity index (χ4v) is 2.64. The minimum atomic E-state index is 0.780. The highest BCUT2D eigenvalue weighted by molar-refractivity contribution is 9.10. The van der Waals surface area contributed by atoms with Gasteiger partial charge in [-0.3, -0.25) is 0 Å². The summed E-state index contributed by atoms with van der Waals surface area (Å²) in [6, 6.07) is 4.25. The molecule has 17 heavy (non-hydrogen) atoms. The van der Waals surface area contributed by atoms with E-state index in [1.54, 1.807) is 0 Å². The largest absolute Gasteiger partial charge is 0.369 e. The molecule has 1 aliphatic heterocycles. The third kappa shape index (κ3) is 3.03. The zero-order valence-electron chi connectivity index (χ0n) is 9.84. The number of hydrogen-bond donors (Lipinski definition) is 1.